The third-order valence-corrected chi connectivity index (χ3v) is 5.66. The van der Waals surface area contributed by atoms with Crippen molar-refractivity contribution in [1.82, 2.24) is 4.67 Å². The number of rotatable bonds is 9. The smallest absolute Gasteiger partial charge is 0.259 e. The van der Waals surface area contributed by atoms with Crippen LogP contribution in [0.2, 0.25) is 0 Å². The number of ether oxygens (including phenoxy) is 1. The summed E-state index contributed by atoms with van der Waals surface area (Å²) in [5.41, 5.74) is 0. The van der Waals surface area contributed by atoms with Gasteiger partial charge in [-0.05, 0) is 40.5 Å². The second-order valence-electron chi connectivity index (χ2n) is 6.02. The quantitative estimate of drug-likeness (QED) is 0.282. The fourth-order valence-corrected chi connectivity index (χ4v) is 4.37. The molecule has 4 atom stereocenters. The largest absolute Gasteiger partial charge is 0.382 e. The molecule has 0 saturated carbocycles. The zero-order chi connectivity index (χ0) is 16.7. The van der Waals surface area contributed by atoms with Crippen LogP contribution in [0, 0.1) is 6.57 Å². The second-order valence-corrected chi connectivity index (χ2v) is 7.43. The Morgan fingerprint density at radius 2 is 2.00 bits per heavy atom. The molecule has 1 fully saturated rings. The lowest BCUT2D eigenvalue weighted by Crippen LogP contribution is -2.35. The minimum Gasteiger partial charge on any atom is -0.382 e. The summed E-state index contributed by atoms with van der Waals surface area (Å²) < 4.78 is 20.1. The second kappa shape index (κ2) is 9.85. The summed E-state index contributed by atoms with van der Waals surface area (Å²) in [6.45, 7) is 18.2. The summed E-state index contributed by atoms with van der Waals surface area (Å²) in [5.74, 6) is 0. The van der Waals surface area contributed by atoms with Gasteiger partial charge in [-0.2, -0.15) is 0 Å². The van der Waals surface area contributed by atoms with Crippen molar-refractivity contribution < 1.29 is 13.8 Å². The Bertz CT molecular complexity index is 357. The summed E-state index contributed by atoms with van der Waals surface area (Å²) in [7, 11) is 4.67. The molecule has 1 heterocycles. The van der Waals surface area contributed by atoms with E-state index < -0.39 is 8.53 Å². The molecule has 0 amide bonds. The Hall–Kier alpha value is -0.175. The molecule has 0 bridgehead atoms. The summed E-state index contributed by atoms with van der Waals surface area (Å²) in [4.78, 5) is 3.35. The van der Waals surface area contributed by atoms with Gasteiger partial charge in [0.2, 0.25) is 6.54 Å². The molecule has 0 aromatic carbocycles. The van der Waals surface area contributed by atoms with Crippen LogP contribution >= 0.6 is 8.53 Å². The van der Waals surface area contributed by atoms with E-state index >= 15 is 0 Å². The van der Waals surface area contributed by atoms with Crippen molar-refractivity contribution in [1.29, 1.82) is 0 Å². The number of nitrogens with zero attached hydrogens (tertiary/aromatic N) is 2. The van der Waals surface area contributed by atoms with Crippen LogP contribution < -0.4 is 0 Å². The molecule has 7 heteroatoms. The SMILES string of the molecule is [B][C@H]1C[C@@H](OP(OCC[N+]#[C-])N(C(C)C)C(C)C)[C@@H](CC)O1. The predicted octanol–water partition coefficient (Wildman–Crippen LogP) is 3.35. The van der Waals surface area contributed by atoms with Gasteiger partial charge in [-0.3, -0.25) is 0 Å². The van der Waals surface area contributed by atoms with Gasteiger partial charge in [0, 0.05) is 18.1 Å². The highest BCUT2D eigenvalue weighted by Gasteiger charge is 2.37. The standard InChI is InChI=1S/C15H28BN2O3P/c1-7-13-14(10-15(16)20-13)21-22(19-9-8-17-6)18(11(2)3)12(4)5/h11-15H,7-10H2,1-5H3/t13-,14-,15-,22?/m1/s1. The van der Waals surface area contributed by atoms with Gasteiger partial charge >= 0.3 is 0 Å². The fraction of sp³-hybridized carbons (Fsp3) is 0.933. The van der Waals surface area contributed by atoms with E-state index in [4.69, 9.17) is 28.2 Å². The first kappa shape index (κ1) is 19.9. The maximum absolute atomic E-state index is 6.90. The van der Waals surface area contributed by atoms with E-state index in [1.165, 1.54) is 0 Å². The van der Waals surface area contributed by atoms with E-state index in [1.807, 2.05) is 0 Å². The maximum atomic E-state index is 6.90. The van der Waals surface area contributed by atoms with E-state index in [-0.39, 0.29) is 18.2 Å². The van der Waals surface area contributed by atoms with E-state index in [9.17, 15) is 0 Å². The highest BCUT2D eigenvalue weighted by molar-refractivity contribution is 7.44. The van der Waals surface area contributed by atoms with Crippen LogP contribution in [-0.2, 0) is 13.8 Å². The molecule has 0 spiro atoms. The zero-order valence-electron chi connectivity index (χ0n) is 14.4. The first-order valence-electron chi connectivity index (χ1n) is 8.03. The maximum Gasteiger partial charge on any atom is 0.259 e. The fourth-order valence-electron chi connectivity index (χ4n) is 2.62. The molecule has 124 valence electrons. The summed E-state index contributed by atoms with van der Waals surface area (Å²) in [5, 5.41) is 0. The van der Waals surface area contributed by atoms with Gasteiger partial charge in [-0.1, -0.05) is 6.92 Å². The summed E-state index contributed by atoms with van der Waals surface area (Å²) >= 11 is 0. The molecule has 0 aliphatic carbocycles. The zero-order valence-corrected chi connectivity index (χ0v) is 15.3. The van der Waals surface area contributed by atoms with E-state index in [0.29, 0.717) is 31.7 Å². The molecule has 0 aromatic heterocycles. The van der Waals surface area contributed by atoms with Crippen molar-refractivity contribution in [2.24, 2.45) is 0 Å². The minimum atomic E-state index is -1.22. The Morgan fingerprint density at radius 1 is 1.36 bits per heavy atom. The van der Waals surface area contributed by atoms with Crippen molar-refractivity contribution in [3.8, 4) is 0 Å². The first-order chi connectivity index (χ1) is 10.4. The lowest BCUT2D eigenvalue weighted by molar-refractivity contribution is 0.0319. The molecule has 2 radical (unpaired) electrons. The Labute approximate surface area is 137 Å². The molecule has 1 saturated heterocycles. The van der Waals surface area contributed by atoms with Crippen molar-refractivity contribution in [3.05, 3.63) is 11.4 Å². The molecule has 1 rings (SSSR count). The molecule has 1 aliphatic heterocycles. The number of hydrogen-bond acceptors (Lipinski definition) is 4. The summed E-state index contributed by atoms with van der Waals surface area (Å²) in [6.07, 6.45) is 1.53. The van der Waals surface area contributed by atoms with Crippen molar-refractivity contribution in [3.63, 3.8) is 0 Å². The van der Waals surface area contributed by atoms with Crippen LogP contribution in [-0.4, -0.2) is 56.0 Å². The monoisotopic (exact) mass is 326 g/mol. The molecule has 0 N–H and O–H groups in total. The molecule has 1 unspecified atom stereocenters. The lowest BCUT2D eigenvalue weighted by atomic mass is 9.96. The van der Waals surface area contributed by atoms with Gasteiger partial charge in [-0.25, -0.2) is 11.2 Å². The van der Waals surface area contributed by atoms with Crippen LogP contribution in [0.5, 0.6) is 0 Å². The lowest BCUT2D eigenvalue weighted by Gasteiger charge is -2.37. The van der Waals surface area contributed by atoms with Gasteiger partial charge in [0.25, 0.3) is 8.53 Å². The Morgan fingerprint density at radius 3 is 2.50 bits per heavy atom. The average Bonchev–Trinajstić information content (AvgIpc) is 2.78. The normalized spacial score (nSPS) is 26.8. The van der Waals surface area contributed by atoms with Crippen LogP contribution in [0.1, 0.15) is 47.5 Å². The van der Waals surface area contributed by atoms with E-state index in [0.717, 1.165) is 6.42 Å². The Balaban J connectivity index is 2.78. The van der Waals surface area contributed by atoms with Crippen molar-refractivity contribution in [2.75, 3.05) is 13.2 Å². The van der Waals surface area contributed by atoms with Crippen LogP contribution in [0.15, 0.2) is 0 Å². The predicted molar refractivity (Wildman–Crippen MR) is 90.6 cm³/mol. The molecular weight excluding hydrogens is 298 g/mol. The van der Waals surface area contributed by atoms with Crippen LogP contribution in [0.3, 0.4) is 0 Å². The first-order valence-corrected chi connectivity index (χ1v) is 9.16. The molecule has 5 nitrogen and oxygen atoms in total. The van der Waals surface area contributed by atoms with Crippen LogP contribution in [0.4, 0.5) is 0 Å². The molecular formula is C15H28BN2O3P. The highest BCUT2D eigenvalue weighted by atomic mass is 31.2. The van der Waals surface area contributed by atoms with Crippen molar-refractivity contribution >= 4 is 16.4 Å². The topological polar surface area (TPSA) is 35.3 Å². The highest BCUT2D eigenvalue weighted by Crippen LogP contribution is 2.49. The van der Waals surface area contributed by atoms with Gasteiger partial charge in [-0.15, -0.1) is 0 Å². The third-order valence-electron chi connectivity index (χ3n) is 3.51. The third kappa shape index (κ3) is 5.79. The number of hydrogen-bond donors (Lipinski definition) is 0. The summed E-state index contributed by atoms with van der Waals surface area (Å²) in [6, 6.07) is 0.340. The average molecular weight is 326 g/mol. The van der Waals surface area contributed by atoms with Gasteiger partial charge in [0.15, 0.2) is 0 Å². The van der Waals surface area contributed by atoms with Gasteiger partial charge in [0.05, 0.1) is 12.2 Å². The molecule has 1 aliphatic rings. The van der Waals surface area contributed by atoms with Crippen molar-refractivity contribution in [2.45, 2.75) is 77.8 Å². The van der Waals surface area contributed by atoms with E-state index in [2.05, 4.69) is 44.1 Å². The molecule has 22 heavy (non-hydrogen) atoms. The van der Waals surface area contributed by atoms with E-state index in [1.54, 1.807) is 0 Å². The van der Waals surface area contributed by atoms with Crippen LogP contribution in [0.25, 0.3) is 4.85 Å². The minimum absolute atomic E-state index is 0.0191. The molecule has 0 aromatic rings. The Kier molecular flexibility index (Phi) is 8.90. The van der Waals surface area contributed by atoms with Gasteiger partial charge in [0.1, 0.15) is 14.5 Å². The van der Waals surface area contributed by atoms with Gasteiger partial charge < -0.3 is 18.6 Å².